The van der Waals surface area contributed by atoms with Crippen LogP contribution in [0.4, 0.5) is 5.82 Å². The van der Waals surface area contributed by atoms with Crippen LogP contribution in [-0.2, 0) is 4.79 Å². The number of aryl methyl sites for hydroxylation is 1. The van der Waals surface area contributed by atoms with Crippen molar-refractivity contribution >= 4 is 40.6 Å². The molecule has 0 saturated carbocycles. The van der Waals surface area contributed by atoms with E-state index in [0.717, 1.165) is 42.0 Å². The second-order valence-corrected chi connectivity index (χ2v) is 9.73. The number of carboxylic acid groups (broad SMARTS) is 1. The molecule has 2 bridgehead atoms. The largest absolute Gasteiger partial charge is 0.485 e. The maximum absolute atomic E-state index is 12.0. The lowest BCUT2D eigenvalue weighted by Crippen LogP contribution is -2.58. The highest BCUT2D eigenvalue weighted by molar-refractivity contribution is 6.37. The molecule has 2 fully saturated rings. The molecule has 9 heteroatoms. The SMILES string of the molecule is Cc1cc(Cl)c(O[C@@H]2CCN(c3ccc(C4=C(C(=O)O)[C@@H]5CNC[C@H](C4)N5)cn3)C2)c(Cl)c1. The van der Waals surface area contributed by atoms with E-state index in [1.54, 1.807) is 6.20 Å². The number of pyridine rings is 1. The zero-order valence-electron chi connectivity index (χ0n) is 18.3. The topological polar surface area (TPSA) is 86.7 Å². The molecule has 1 aromatic heterocycles. The van der Waals surface area contributed by atoms with E-state index < -0.39 is 5.97 Å². The lowest BCUT2D eigenvalue weighted by atomic mass is 9.85. The van der Waals surface area contributed by atoms with Gasteiger partial charge in [-0.25, -0.2) is 9.78 Å². The molecular formula is C24H26Cl2N4O3. The Morgan fingerprint density at radius 1 is 1.24 bits per heavy atom. The number of ether oxygens (including phenoxy) is 1. The quantitative estimate of drug-likeness (QED) is 0.593. The molecule has 3 aliphatic rings. The summed E-state index contributed by atoms with van der Waals surface area (Å²) in [6, 6.07) is 7.70. The third-order valence-corrected chi connectivity index (χ3v) is 7.08. The number of aliphatic carboxylic acids is 1. The van der Waals surface area contributed by atoms with Crippen LogP contribution in [0.5, 0.6) is 5.75 Å². The maximum Gasteiger partial charge on any atom is 0.333 e. The highest BCUT2D eigenvalue weighted by Crippen LogP contribution is 2.36. The number of hydrogen-bond acceptors (Lipinski definition) is 6. The lowest BCUT2D eigenvalue weighted by molar-refractivity contribution is -0.133. The van der Waals surface area contributed by atoms with Crippen LogP contribution in [0.3, 0.4) is 0 Å². The molecule has 3 N–H and O–H groups in total. The first-order chi connectivity index (χ1) is 15.9. The van der Waals surface area contributed by atoms with Crippen LogP contribution in [0.1, 0.15) is 24.0 Å². The van der Waals surface area contributed by atoms with Gasteiger partial charge in [0, 0.05) is 38.3 Å². The fourth-order valence-electron chi connectivity index (χ4n) is 4.99. The Kier molecular flexibility index (Phi) is 6.22. The Balaban J connectivity index is 1.31. The number of anilines is 1. The van der Waals surface area contributed by atoms with Crippen LogP contribution in [0.15, 0.2) is 36.0 Å². The summed E-state index contributed by atoms with van der Waals surface area (Å²) in [7, 11) is 0. The van der Waals surface area contributed by atoms with Crippen molar-refractivity contribution in [3.8, 4) is 5.75 Å². The van der Waals surface area contributed by atoms with Gasteiger partial charge >= 0.3 is 5.97 Å². The molecule has 4 heterocycles. The molecule has 5 rings (SSSR count). The highest BCUT2D eigenvalue weighted by Gasteiger charge is 2.35. The van der Waals surface area contributed by atoms with Crippen molar-refractivity contribution in [2.24, 2.45) is 0 Å². The monoisotopic (exact) mass is 488 g/mol. The minimum absolute atomic E-state index is 0.0400. The Morgan fingerprint density at radius 3 is 2.73 bits per heavy atom. The third kappa shape index (κ3) is 4.55. The summed E-state index contributed by atoms with van der Waals surface area (Å²) in [5.41, 5.74) is 3.18. The number of carbonyl (C=O) groups is 1. The number of nitrogens with one attached hydrogen (secondary N) is 2. The number of hydrogen-bond donors (Lipinski definition) is 3. The molecule has 33 heavy (non-hydrogen) atoms. The maximum atomic E-state index is 12.0. The molecule has 3 aliphatic heterocycles. The average Bonchev–Trinajstić information content (AvgIpc) is 3.24. The van der Waals surface area contributed by atoms with Gasteiger partial charge in [0.25, 0.3) is 0 Å². The number of nitrogens with zero attached hydrogens (tertiary/aromatic N) is 2. The molecule has 0 amide bonds. The second kappa shape index (κ2) is 9.14. The smallest absolute Gasteiger partial charge is 0.333 e. The van der Waals surface area contributed by atoms with E-state index in [1.165, 1.54) is 0 Å². The van der Waals surface area contributed by atoms with Gasteiger partial charge in [0.05, 0.1) is 28.2 Å². The highest BCUT2D eigenvalue weighted by atomic mass is 35.5. The van der Waals surface area contributed by atoms with E-state index in [2.05, 4.69) is 20.5 Å². The van der Waals surface area contributed by atoms with Gasteiger partial charge < -0.3 is 25.4 Å². The third-order valence-electron chi connectivity index (χ3n) is 6.52. The Labute approximate surface area is 202 Å². The van der Waals surface area contributed by atoms with Crippen molar-refractivity contribution in [1.29, 1.82) is 0 Å². The summed E-state index contributed by atoms with van der Waals surface area (Å²) >= 11 is 12.7. The molecule has 0 aliphatic carbocycles. The van der Waals surface area contributed by atoms with E-state index in [0.29, 0.717) is 40.9 Å². The molecule has 2 aromatic rings. The molecule has 0 spiro atoms. The van der Waals surface area contributed by atoms with Crippen molar-refractivity contribution in [3.63, 3.8) is 0 Å². The van der Waals surface area contributed by atoms with Crippen molar-refractivity contribution < 1.29 is 14.6 Å². The van der Waals surface area contributed by atoms with E-state index in [1.807, 2.05) is 31.2 Å². The number of benzene rings is 1. The van der Waals surface area contributed by atoms with Crippen LogP contribution < -0.4 is 20.3 Å². The van der Waals surface area contributed by atoms with Gasteiger partial charge in [0.1, 0.15) is 11.9 Å². The van der Waals surface area contributed by atoms with Crippen molar-refractivity contribution in [3.05, 3.63) is 57.2 Å². The Morgan fingerprint density at radius 2 is 2.03 bits per heavy atom. The minimum atomic E-state index is -0.873. The molecule has 3 atom stereocenters. The van der Waals surface area contributed by atoms with Gasteiger partial charge in [-0.05, 0) is 54.3 Å². The van der Waals surface area contributed by atoms with E-state index in [4.69, 9.17) is 27.9 Å². The molecule has 7 nitrogen and oxygen atoms in total. The summed E-state index contributed by atoms with van der Waals surface area (Å²) in [6.45, 7) is 4.88. The number of carboxylic acids is 1. The number of fused-ring (bicyclic) bond motifs is 2. The van der Waals surface area contributed by atoms with Gasteiger partial charge in [-0.1, -0.05) is 23.2 Å². The molecular weight excluding hydrogens is 463 g/mol. The van der Waals surface area contributed by atoms with Crippen LogP contribution in [0, 0.1) is 6.92 Å². The van der Waals surface area contributed by atoms with Crippen LogP contribution >= 0.6 is 23.2 Å². The fraction of sp³-hybridized carbons (Fsp3) is 0.417. The first-order valence-electron chi connectivity index (χ1n) is 11.2. The van der Waals surface area contributed by atoms with Gasteiger partial charge in [-0.15, -0.1) is 0 Å². The summed E-state index contributed by atoms with van der Waals surface area (Å²) in [5.74, 6) is 0.499. The normalized spacial score (nSPS) is 24.8. The van der Waals surface area contributed by atoms with Crippen molar-refractivity contribution in [1.82, 2.24) is 15.6 Å². The molecule has 0 unspecified atom stereocenters. The first-order valence-corrected chi connectivity index (χ1v) is 11.9. The van der Waals surface area contributed by atoms with E-state index >= 15 is 0 Å². The first kappa shape index (κ1) is 22.5. The van der Waals surface area contributed by atoms with Crippen LogP contribution in [0.25, 0.3) is 5.57 Å². The van der Waals surface area contributed by atoms with E-state index in [-0.39, 0.29) is 18.2 Å². The minimum Gasteiger partial charge on any atom is -0.485 e. The molecule has 0 radical (unpaired) electrons. The number of aromatic nitrogens is 1. The Hall–Kier alpha value is -2.32. The Bertz CT molecular complexity index is 1080. The van der Waals surface area contributed by atoms with Gasteiger partial charge in [0.15, 0.2) is 5.75 Å². The van der Waals surface area contributed by atoms with Gasteiger partial charge in [-0.2, -0.15) is 0 Å². The fourth-order valence-corrected chi connectivity index (χ4v) is 5.67. The van der Waals surface area contributed by atoms with Crippen molar-refractivity contribution in [2.45, 2.75) is 38.0 Å². The zero-order chi connectivity index (χ0) is 23.1. The van der Waals surface area contributed by atoms with Crippen LogP contribution in [0.2, 0.25) is 10.0 Å². The average molecular weight is 489 g/mol. The second-order valence-electron chi connectivity index (χ2n) is 8.91. The lowest BCUT2D eigenvalue weighted by Gasteiger charge is -2.38. The summed E-state index contributed by atoms with van der Waals surface area (Å²) in [6.07, 6.45) is 3.26. The predicted octanol–water partition coefficient (Wildman–Crippen LogP) is 3.53. The van der Waals surface area contributed by atoms with E-state index in [9.17, 15) is 9.90 Å². The van der Waals surface area contributed by atoms with Gasteiger partial charge in [-0.3, -0.25) is 0 Å². The van der Waals surface area contributed by atoms with Crippen LogP contribution in [-0.4, -0.2) is 60.4 Å². The predicted molar refractivity (Wildman–Crippen MR) is 129 cm³/mol. The molecule has 1 aromatic carbocycles. The van der Waals surface area contributed by atoms with Gasteiger partial charge in [0.2, 0.25) is 0 Å². The zero-order valence-corrected chi connectivity index (χ0v) is 19.8. The number of rotatable bonds is 5. The summed E-state index contributed by atoms with van der Waals surface area (Å²) in [5, 5.41) is 17.6. The molecule has 174 valence electrons. The van der Waals surface area contributed by atoms with Crippen molar-refractivity contribution in [2.75, 3.05) is 31.1 Å². The number of piperazine rings is 1. The summed E-state index contributed by atoms with van der Waals surface area (Å²) < 4.78 is 6.13. The number of halogens is 2. The standard InChI is InChI=1S/C24H26Cl2N4O3/c1-13-6-18(25)23(19(26)7-13)33-16-4-5-30(12-16)21-3-2-14(9-28-21)17-8-15-10-27-11-20(29-15)22(17)24(31)32/h2-3,6-7,9,15-16,20,27,29H,4-5,8,10-12H2,1H3,(H,31,32)/t15-,16+,20-/m0/s1. The molecule has 2 saturated heterocycles. The summed E-state index contributed by atoms with van der Waals surface area (Å²) in [4.78, 5) is 18.8.